The van der Waals surface area contributed by atoms with Crippen molar-refractivity contribution in [3.8, 4) is 0 Å². The predicted octanol–water partition coefficient (Wildman–Crippen LogP) is 0.614. The van der Waals surface area contributed by atoms with Crippen molar-refractivity contribution in [1.82, 2.24) is 5.32 Å². The highest BCUT2D eigenvalue weighted by atomic mass is 32.2. The summed E-state index contributed by atoms with van der Waals surface area (Å²) >= 11 is 6.74. The minimum Gasteiger partial charge on any atom is -0.381 e. The van der Waals surface area contributed by atoms with Gasteiger partial charge < -0.3 is 11.1 Å². The van der Waals surface area contributed by atoms with E-state index in [0.29, 0.717) is 0 Å². The van der Waals surface area contributed by atoms with Crippen LogP contribution in [0.1, 0.15) is 6.42 Å². The third-order valence-electron chi connectivity index (χ3n) is 1.22. The predicted molar refractivity (Wildman–Crippen MR) is 52.6 cm³/mol. The molecule has 0 fully saturated rings. The summed E-state index contributed by atoms with van der Waals surface area (Å²) in [5.41, 5.74) is 5.70. The Morgan fingerprint density at radius 2 is 2.40 bits per heavy atom. The van der Waals surface area contributed by atoms with E-state index in [-0.39, 0.29) is 6.04 Å². The van der Waals surface area contributed by atoms with Crippen LogP contribution < -0.4 is 11.1 Å². The summed E-state index contributed by atoms with van der Waals surface area (Å²) in [5, 5.41) is 2.87. The molecule has 3 N–H and O–H groups in total. The van der Waals surface area contributed by atoms with Gasteiger partial charge in [0.15, 0.2) is 0 Å². The molecule has 0 rings (SSSR count). The highest BCUT2D eigenvalue weighted by Gasteiger charge is 2.05. The Hall–Kier alpha value is 0.200. The van der Waals surface area contributed by atoms with E-state index in [1.807, 2.05) is 0 Å². The van der Waals surface area contributed by atoms with E-state index in [9.17, 15) is 0 Å². The maximum Gasteiger partial charge on any atom is 0.0921 e. The van der Waals surface area contributed by atoms with Crippen molar-refractivity contribution >= 4 is 29.0 Å². The molecule has 2 nitrogen and oxygen atoms in total. The Kier molecular flexibility index (Phi) is 6.06. The molecule has 0 aromatic carbocycles. The summed E-state index contributed by atoms with van der Waals surface area (Å²) in [6, 6.07) is 0.0347. The molecule has 0 aromatic heterocycles. The van der Waals surface area contributed by atoms with Gasteiger partial charge in [0, 0.05) is 7.05 Å². The monoisotopic (exact) mass is 178 g/mol. The fourth-order valence-electron chi connectivity index (χ4n) is 0.561. The van der Waals surface area contributed by atoms with Crippen molar-refractivity contribution in [2.75, 3.05) is 19.1 Å². The fourth-order valence-corrected chi connectivity index (χ4v) is 1.17. The van der Waals surface area contributed by atoms with Crippen molar-refractivity contribution in [3.63, 3.8) is 0 Å². The lowest BCUT2D eigenvalue weighted by Gasteiger charge is -2.10. The van der Waals surface area contributed by atoms with E-state index in [2.05, 4.69) is 11.6 Å². The molecule has 1 atom stereocenters. The van der Waals surface area contributed by atoms with Crippen LogP contribution in [0.15, 0.2) is 0 Å². The lowest BCUT2D eigenvalue weighted by atomic mass is 10.2. The molecule has 4 heteroatoms. The topological polar surface area (TPSA) is 38.0 Å². The van der Waals surface area contributed by atoms with E-state index in [0.717, 1.165) is 17.2 Å². The summed E-state index contributed by atoms with van der Waals surface area (Å²) in [6.45, 7) is 0. The first-order valence-corrected chi connectivity index (χ1v) is 4.98. The molecule has 0 radical (unpaired) electrons. The van der Waals surface area contributed by atoms with E-state index >= 15 is 0 Å². The molecule has 1 unspecified atom stereocenters. The van der Waals surface area contributed by atoms with Crippen LogP contribution in [0.2, 0.25) is 0 Å². The molecular formula is C6H14N2S2. The smallest absolute Gasteiger partial charge is 0.0921 e. The summed E-state index contributed by atoms with van der Waals surface area (Å²) in [7, 11) is 1.81. The third-order valence-corrected chi connectivity index (χ3v) is 2.37. The Labute approximate surface area is 71.9 Å². The molecule has 0 saturated heterocycles. The summed E-state index contributed by atoms with van der Waals surface area (Å²) < 4.78 is 0. The van der Waals surface area contributed by atoms with Gasteiger partial charge in [0.25, 0.3) is 0 Å². The van der Waals surface area contributed by atoms with Gasteiger partial charge in [-0.2, -0.15) is 11.8 Å². The SMILES string of the molecule is CNC(=S)C(N)CCSC. The number of hydrogen-bond acceptors (Lipinski definition) is 3. The maximum absolute atomic E-state index is 5.70. The van der Waals surface area contributed by atoms with E-state index in [4.69, 9.17) is 18.0 Å². The number of rotatable bonds is 4. The molecule has 10 heavy (non-hydrogen) atoms. The minimum absolute atomic E-state index is 0.0347. The van der Waals surface area contributed by atoms with Crippen molar-refractivity contribution in [2.24, 2.45) is 5.73 Å². The second-order valence-corrected chi connectivity index (χ2v) is 3.43. The van der Waals surface area contributed by atoms with E-state index < -0.39 is 0 Å². The standard InChI is InChI=1S/C6H14N2S2/c1-8-6(9)5(7)3-4-10-2/h5H,3-4,7H2,1-2H3,(H,8,9). The largest absolute Gasteiger partial charge is 0.381 e. The first-order chi connectivity index (χ1) is 4.72. The van der Waals surface area contributed by atoms with Crippen LogP contribution >= 0.6 is 24.0 Å². The van der Waals surface area contributed by atoms with E-state index in [1.54, 1.807) is 18.8 Å². The second-order valence-electron chi connectivity index (χ2n) is 2.00. The summed E-state index contributed by atoms with van der Waals surface area (Å²) in [5.74, 6) is 1.07. The van der Waals surface area contributed by atoms with Crippen LogP contribution in [0, 0.1) is 0 Å². The van der Waals surface area contributed by atoms with Crippen LogP contribution in [0.4, 0.5) is 0 Å². The molecule has 0 aliphatic heterocycles. The Balaban J connectivity index is 3.41. The number of hydrogen-bond donors (Lipinski definition) is 2. The van der Waals surface area contributed by atoms with Crippen LogP contribution in [-0.4, -0.2) is 30.1 Å². The van der Waals surface area contributed by atoms with Crippen LogP contribution in [0.25, 0.3) is 0 Å². The molecule has 0 aromatic rings. The Morgan fingerprint density at radius 1 is 1.80 bits per heavy atom. The van der Waals surface area contributed by atoms with Crippen molar-refractivity contribution < 1.29 is 0 Å². The lowest BCUT2D eigenvalue weighted by Crippen LogP contribution is -2.37. The average molecular weight is 178 g/mol. The summed E-state index contributed by atoms with van der Waals surface area (Å²) in [4.78, 5) is 0.758. The fraction of sp³-hybridized carbons (Fsp3) is 0.833. The number of likely N-dealkylation sites (N-methyl/N-ethyl adjacent to an activating group) is 1. The van der Waals surface area contributed by atoms with Gasteiger partial charge in [-0.3, -0.25) is 0 Å². The van der Waals surface area contributed by atoms with Gasteiger partial charge in [-0.1, -0.05) is 12.2 Å². The quantitative estimate of drug-likeness (QED) is 0.619. The zero-order chi connectivity index (χ0) is 7.98. The zero-order valence-corrected chi connectivity index (χ0v) is 8.02. The second kappa shape index (κ2) is 5.95. The Morgan fingerprint density at radius 3 is 2.80 bits per heavy atom. The highest BCUT2D eigenvalue weighted by Crippen LogP contribution is 1.98. The first kappa shape index (κ1) is 10.2. The first-order valence-electron chi connectivity index (χ1n) is 3.18. The number of nitrogens with two attached hydrogens (primary N) is 1. The molecule has 0 bridgehead atoms. The molecule has 0 aliphatic carbocycles. The van der Waals surface area contributed by atoms with Crippen molar-refractivity contribution in [2.45, 2.75) is 12.5 Å². The molecule has 60 valence electrons. The highest BCUT2D eigenvalue weighted by molar-refractivity contribution is 7.98. The molecular weight excluding hydrogens is 164 g/mol. The summed E-state index contributed by atoms with van der Waals surface area (Å²) in [6.07, 6.45) is 3.02. The van der Waals surface area contributed by atoms with Crippen LogP contribution in [0.5, 0.6) is 0 Å². The number of nitrogens with one attached hydrogen (secondary N) is 1. The normalized spacial score (nSPS) is 12.7. The number of thioether (sulfide) groups is 1. The van der Waals surface area contributed by atoms with Crippen LogP contribution in [0.3, 0.4) is 0 Å². The molecule has 0 heterocycles. The van der Waals surface area contributed by atoms with Gasteiger partial charge in [0.05, 0.1) is 11.0 Å². The maximum atomic E-state index is 5.70. The lowest BCUT2D eigenvalue weighted by molar-refractivity contribution is 0.814. The minimum atomic E-state index is 0.0347. The molecule has 0 amide bonds. The average Bonchev–Trinajstić information content (AvgIpc) is 1.98. The van der Waals surface area contributed by atoms with Gasteiger partial charge in [0.1, 0.15) is 0 Å². The zero-order valence-electron chi connectivity index (χ0n) is 6.39. The number of thiocarbonyl (C=S) groups is 1. The van der Waals surface area contributed by atoms with E-state index in [1.165, 1.54) is 0 Å². The molecule has 0 aliphatic rings. The van der Waals surface area contributed by atoms with Crippen molar-refractivity contribution in [1.29, 1.82) is 0 Å². The van der Waals surface area contributed by atoms with Gasteiger partial charge in [-0.15, -0.1) is 0 Å². The Bertz CT molecular complexity index is 106. The van der Waals surface area contributed by atoms with Crippen LogP contribution in [-0.2, 0) is 0 Å². The molecule has 0 spiro atoms. The van der Waals surface area contributed by atoms with Gasteiger partial charge >= 0.3 is 0 Å². The van der Waals surface area contributed by atoms with Crippen molar-refractivity contribution in [3.05, 3.63) is 0 Å². The van der Waals surface area contributed by atoms with Gasteiger partial charge in [-0.05, 0) is 18.4 Å². The molecule has 0 saturated carbocycles. The van der Waals surface area contributed by atoms with Gasteiger partial charge in [-0.25, -0.2) is 0 Å². The third kappa shape index (κ3) is 4.09. The van der Waals surface area contributed by atoms with Gasteiger partial charge in [0.2, 0.25) is 0 Å².